The van der Waals surface area contributed by atoms with Gasteiger partial charge in [-0.3, -0.25) is 9.59 Å². The second kappa shape index (κ2) is 6.48. The average Bonchev–Trinajstić information content (AvgIpc) is 2.42. The molecule has 0 aliphatic carbocycles. The van der Waals surface area contributed by atoms with Gasteiger partial charge in [0.05, 0.1) is 22.3 Å². The SMILES string of the molecule is NCCNC(=O)c1cc(C(N)=O)c(C(=O)O)cc1C(=O)O. The molecule has 0 saturated carbocycles. The van der Waals surface area contributed by atoms with Crippen LogP contribution < -0.4 is 16.8 Å². The molecule has 9 nitrogen and oxygen atoms in total. The third-order valence-electron chi connectivity index (χ3n) is 2.56. The topological polar surface area (TPSA) is 173 Å². The quantitative estimate of drug-likeness (QED) is 0.441. The number of primary amides is 1. The van der Waals surface area contributed by atoms with Crippen molar-refractivity contribution in [1.29, 1.82) is 0 Å². The number of nitrogens with two attached hydrogens (primary N) is 2. The Kier molecular flexibility index (Phi) is 4.97. The van der Waals surface area contributed by atoms with E-state index in [2.05, 4.69) is 5.32 Å². The molecule has 1 aromatic carbocycles. The fraction of sp³-hybridized carbons (Fsp3) is 0.167. The third-order valence-corrected chi connectivity index (χ3v) is 2.56. The Labute approximate surface area is 118 Å². The Morgan fingerprint density at radius 3 is 1.86 bits per heavy atom. The molecular weight excluding hydrogens is 282 g/mol. The van der Waals surface area contributed by atoms with Crippen LogP contribution >= 0.6 is 0 Å². The molecule has 0 bridgehead atoms. The van der Waals surface area contributed by atoms with Gasteiger partial charge in [0, 0.05) is 13.1 Å². The van der Waals surface area contributed by atoms with Gasteiger partial charge in [0.25, 0.3) is 5.91 Å². The van der Waals surface area contributed by atoms with Crippen molar-refractivity contribution in [2.45, 2.75) is 0 Å². The van der Waals surface area contributed by atoms with Crippen molar-refractivity contribution in [2.75, 3.05) is 13.1 Å². The van der Waals surface area contributed by atoms with E-state index in [1.807, 2.05) is 0 Å². The van der Waals surface area contributed by atoms with Crippen LogP contribution in [-0.4, -0.2) is 47.1 Å². The largest absolute Gasteiger partial charge is 0.478 e. The van der Waals surface area contributed by atoms with Crippen molar-refractivity contribution < 1.29 is 29.4 Å². The molecule has 0 spiro atoms. The van der Waals surface area contributed by atoms with Crippen LogP contribution in [0.25, 0.3) is 0 Å². The molecule has 0 aliphatic rings. The summed E-state index contributed by atoms with van der Waals surface area (Å²) in [6.45, 7) is 0.217. The minimum absolute atomic E-state index is 0.0878. The number of rotatable bonds is 6. The van der Waals surface area contributed by atoms with Crippen LogP contribution in [0.1, 0.15) is 41.4 Å². The fourth-order valence-electron chi connectivity index (χ4n) is 1.63. The van der Waals surface area contributed by atoms with Crippen molar-refractivity contribution in [3.8, 4) is 0 Å². The number of carbonyl (C=O) groups is 4. The number of carboxylic acid groups (broad SMARTS) is 2. The first-order valence-corrected chi connectivity index (χ1v) is 5.72. The molecule has 7 N–H and O–H groups in total. The van der Waals surface area contributed by atoms with Crippen LogP contribution in [0, 0.1) is 0 Å². The zero-order valence-electron chi connectivity index (χ0n) is 10.8. The van der Waals surface area contributed by atoms with E-state index in [9.17, 15) is 19.2 Å². The lowest BCUT2D eigenvalue weighted by Gasteiger charge is -2.10. The predicted molar refractivity (Wildman–Crippen MR) is 70.3 cm³/mol. The highest BCUT2D eigenvalue weighted by atomic mass is 16.4. The van der Waals surface area contributed by atoms with E-state index in [0.717, 1.165) is 12.1 Å². The normalized spacial score (nSPS) is 9.95. The summed E-state index contributed by atoms with van der Waals surface area (Å²) in [5.41, 5.74) is 8.30. The van der Waals surface area contributed by atoms with E-state index in [1.54, 1.807) is 0 Å². The van der Waals surface area contributed by atoms with Crippen LogP contribution in [-0.2, 0) is 0 Å². The van der Waals surface area contributed by atoms with Gasteiger partial charge in [-0.1, -0.05) is 0 Å². The second-order valence-electron chi connectivity index (χ2n) is 3.96. The lowest BCUT2D eigenvalue weighted by atomic mass is 9.97. The van der Waals surface area contributed by atoms with E-state index < -0.39 is 40.4 Å². The first kappa shape index (κ1) is 16.1. The number of carboxylic acids is 2. The third kappa shape index (κ3) is 3.54. The van der Waals surface area contributed by atoms with Gasteiger partial charge in [-0.2, -0.15) is 0 Å². The van der Waals surface area contributed by atoms with Crippen LogP contribution in [0.5, 0.6) is 0 Å². The highest BCUT2D eigenvalue weighted by Gasteiger charge is 2.24. The summed E-state index contributed by atoms with van der Waals surface area (Å²) in [5.74, 6) is -4.92. The van der Waals surface area contributed by atoms with Crippen LogP contribution in [0.4, 0.5) is 0 Å². The maximum Gasteiger partial charge on any atom is 0.336 e. The molecule has 0 fully saturated rings. The number of nitrogens with one attached hydrogen (secondary N) is 1. The zero-order valence-corrected chi connectivity index (χ0v) is 10.8. The maximum atomic E-state index is 11.9. The first-order chi connectivity index (χ1) is 9.79. The lowest BCUT2D eigenvalue weighted by molar-refractivity contribution is 0.0688. The molecule has 112 valence electrons. The molecule has 0 atom stereocenters. The van der Waals surface area contributed by atoms with E-state index in [1.165, 1.54) is 0 Å². The standard InChI is InChI=1S/C12H13N3O6/c13-1-2-15-10(17)6-3-5(9(14)16)7(11(18)19)4-8(6)12(20)21/h3-4H,1-2,13H2,(H2,14,16)(H,15,17)(H,18,19)(H,20,21). The molecule has 9 heteroatoms. The van der Waals surface area contributed by atoms with Crippen molar-refractivity contribution in [2.24, 2.45) is 11.5 Å². The Morgan fingerprint density at radius 2 is 1.43 bits per heavy atom. The summed E-state index contributed by atoms with van der Waals surface area (Å²) < 4.78 is 0. The van der Waals surface area contributed by atoms with Gasteiger partial charge >= 0.3 is 11.9 Å². The number of hydrogen-bond acceptors (Lipinski definition) is 5. The number of amides is 2. The smallest absolute Gasteiger partial charge is 0.336 e. The van der Waals surface area contributed by atoms with Crippen LogP contribution in [0.2, 0.25) is 0 Å². The fourth-order valence-corrected chi connectivity index (χ4v) is 1.63. The van der Waals surface area contributed by atoms with E-state index in [-0.39, 0.29) is 18.7 Å². The molecule has 2 amide bonds. The van der Waals surface area contributed by atoms with Crippen LogP contribution in [0.15, 0.2) is 12.1 Å². The Balaban J connectivity index is 3.51. The van der Waals surface area contributed by atoms with E-state index in [4.69, 9.17) is 21.7 Å². The molecule has 0 aliphatic heterocycles. The molecule has 0 radical (unpaired) electrons. The zero-order chi connectivity index (χ0) is 16.2. The van der Waals surface area contributed by atoms with Gasteiger partial charge in [-0.15, -0.1) is 0 Å². The van der Waals surface area contributed by atoms with Crippen molar-refractivity contribution in [3.63, 3.8) is 0 Å². The molecule has 1 aromatic rings. The summed E-state index contributed by atoms with van der Waals surface area (Å²) in [6.07, 6.45) is 0. The Bertz CT molecular complexity index is 626. The van der Waals surface area contributed by atoms with Gasteiger partial charge in [0.1, 0.15) is 0 Å². The molecule has 0 saturated heterocycles. The Morgan fingerprint density at radius 1 is 0.952 bits per heavy atom. The molecular formula is C12H13N3O6. The lowest BCUT2D eigenvalue weighted by Crippen LogP contribution is -2.31. The molecule has 21 heavy (non-hydrogen) atoms. The Hall–Kier alpha value is -2.94. The van der Waals surface area contributed by atoms with E-state index in [0.29, 0.717) is 0 Å². The highest BCUT2D eigenvalue weighted by Crippen LogP contribution is 2.18. The predicted octanol–water partition coefficient (Wildman–Crippen LogP) is -1.13. The van der Waals surface area contributed by atoms with Crippen LogP contribution in [0.3, 0.4) is 0 Å². The van der Waals surface area contributed by atoms with E-state index >= 15 is 0 Å². The number of benzene rings is 1. The van der Waals surface area contributed by atoms with Gasteiger partial charge in [-0.05, 0) is 12.1 Å². The van der Waals surface area contributed by atoms with Crippen molar-refractivity contribution in [3.05, 3.63) is 34.4 Å². The van der Waals surface area contributed by atoms with Gasteiger partial charge in [0.15, 0.2) is 0 Å². The summed E-state index contributed by atoms with van der Waals surface area (Å²) in [7, 11) is 0. The highest BCUT2D eigenvalue weighted by molar-refractivity contribution is 6.11. The number of aromatic carboxylic acids is 2. The summed E-state index contributed by atoms with van der Waals surface area (Å²) in [4.78, 5) is 45.3. The summed E-state index contributed by atoms with van der Waals surface area (Å²) >= 11 is 0. The minimum Gasteiger partial charge on any atom is -0.478 e. The van der Waals surface area contributed by atoms with Gasteiger partial charge in [-0.25, -0.2) is 9.59 Å². The molecule has 0 heterocycles. The van der Waals surface area contributed by atoms with Crippen molar-refractivity contribution >= 4 is 23.8 Å². The van der Waals surface area contributed by atoms with Crippen molar-refractivity contribution in [1.82, 2.24) is 5.32 Å². The minimum atomic E-state index is -1.53. The van der Waals surface area contributed by atoms with Gasteiger partial charge in [0.2, 0.25) is 5.91 Å². The maximum absolute atomic E-state index is 11.9. The molecule has 0 unspecified atom stereocenters. The molecule has 1 rings (SSSR count). The average molecular weight is 295 g/mol. The molecule has 0 aromatic heterocycles. The first-order valence-electron chi connectivity index (χ1n) is 5.72. The van der Waals surface area contributed by atoms with Gasteiger partial charge < -0.3 is 27.0 Å². The number of carbonyl (C=O) groups excluding carboxylic acids is 2. The summed E-state index contributed by atoms with van der Waals surface area (Å²) in [5, 5.41) is 20.4. The number of hydrogen-bond donors (Lipinski definition) is 5. The second-order valence-corrected chi connectivity index (χ2v) is 3.96. The monoisotopic (exact) mass is 295 g/mol. The summed E-state index contributed by atoms with van der Waals surface area (Å²) in [6, 6.07) is 1.57.